The molecule has 0 atom stereocenters. The molecule has 0 unspecified atom stereocenters. The Labute approximate surface area is 140 Å². The molecule has 0 heterocycles. The third-order valence-electron chi connectivity index (χ3n) is 3.22. The molecule has 24 heavy (non-hydrogen) atoms. The number of aryl methyl sites for hydroxylation is 1. The molecule has 0 saturated heterocycles. The van der Waals surface area contributed by atoms with Crippen LogP contribution in [0.5, 0.6) is 0 Å². The molecule has 0 aliphatic rings. The van der Waals surface area contributed by atoms with Gasteiger partial charge >= 0.3 is 5.97 Å². The third kappa shape index (κ3) is 4.91. The molecule has 2 aromatic rings. The number of esters is 1. The van der Waals surface area contributed by atoms with Gasteiger partial charge in [0.1, 0.15) is 13.2 Å². The summed E-state index contributed by atoms with van der Waals surface area (Å²) in [6.07, 6.45) is 0. The molecule has 0 amide bonds. The fourth-order valence-electron chi connectivity index (χ4n) is 1.85. The number of hydrogen-bond acceptors (Lipinski definition) is 5. The van der Waals surface area contributed by atoms with Gasteiger partial charge in [0.2, 0.25) is 10.0 Å². The zero-order valence-corrected chi connectivity index (χ0v) is 13.8. The zero-order chi connectivity index (χ0) is 17.6. The SMILES string of the molecule is Cc1ccc(COC(=O)CNS(=O)(=O)c2ccc(C#N)cc2)cc1. The van der Waals surface area contributed by atoms with Gasteiger partial charge < -0.3 is 4.74 Å². The van der Waals surface area contributed by atoms with E-state index in [0.29, 0.717) is 5.56 Å². The highest BCUT2D eigenvalue weighted by Crippen LogP contribution is 2.10. The molecule has 0 radical (unpaired) electrons. The monoisotopic (exact) mass is 344 g/mol. The van der Waals surface area contributed by atoms with Crippen LogP contribution in [-0.4, -0.2) is 20.9 Å². The summed E-state index contributed by atoms with van der Waals surface area (Å²) >= 11 is 0. The molecule has 0 aliphatic heterocycles. The first kappa shape index (κ1) is 17.7. The average Bonchev–Trinajstić information content (AvgIpc) is 2.59. The van der Waals surface area contributed by atoms with Crippen molar-refractivity contribution >= 4 is 16.0 Å². The molecule has 6 nitrogen and oxygen atoms in total. The normalized spacial score (nSPS) is 10.8. The second kappa shape index (κ2) is 7.73. The van der Waals surface area contributed by atoms with Crippen molar-refractivity contribution in [1.82, 2.24) is 4.72 Å². The highest BCUT2D eigenvalue weighted by atomic mass is 32.2. The Kier molecular flexibility index (Phi) is 5.68. The Balaban J connectivity index is 1.87. The fraction of sp³-hybridized carbons (Fsp3) is 0.176. The van der Waals surface area contributed by atoms with Crippen LogP contribution in [0, 0.1) is 18.3 Å². The van der Waals surface area contributed by atoms with Gasteiger partial charge in [0.25, 0.3) is 0 Å². The van der Waals surface area contributed by atoms with Crippen LogP contribution in [0.2, 0.25) is 0 Å². The molecule has 7 heteroatoms. The topological polar surface area (TPSA) is 96.3 Å². The van der Waals surface area contributed by atoms with Crippen molar-refractivity contribution in [3.8, 4) is 6.07 Å². The van der Waals surface area contributed by atoms with E-state index in [4.69, 9.17) is 10.00 Å². The van der Waals surface area contributed by atoms with Crippen LogP contribution >= 0.6 is 0 Å². The summed E-state index contributed by atoms with van der Waals surface area (Å²) in [5.74, 6) is -0.673. The minimum Gasteiger partial charge on any atom is -0.460 e. The minimum absolute atomic E-state index is 0.0205. The highest BCUT2D eigenvalue weighted by molar-refractivity contribution is 7.89. The molecule has 2 rings (SSSR count). The Morgan fingerprint density at radius 3 is 2.33 bits per heavy atom. The van der Waals surface area contributed by atoms with Crippen LogP contribution in [0.3, 0.4) is 0 Å². The van der Waals surface area contributed by atoms with E-state index < -0.39 is 22.5 Å². The average molecular weight is 344 g/mol. The van der Waals surface area contributed by atoms with Gasteiger partial charge in [-0.2, -0.15) is 9.98 Å². The van der Waals surface area contributed by atoms with Crippen LogP contribution in [-0.2, 0) is 26.2 Å². The van der Waals surface area contributed by atoms with E-state index >= 15 is 0 Å². The number of nitrogens with zero attached hydrogens (tertiary/aromatic N) is 1. The summed E-state index contributed by atoms with van der Waals surface area (Å²) in [6, 6.07) is 14.8. The van der Waals surface area contributed by atoms with Gasteiger partial charge in [-0.25, -0.2) is 8.42 Å². The smallest absolute Gasteiger partial charge is 0.321 e. The third-order valence-corrected chi connectivity index (χ3v) is 4.64. The summed E-state index contributed by atoms with van der Waals surface area (Å²) in [4.78, 5) is 11.6. The van der Waals surface area contributed by atoms with Gasteiger partial charge in [-0.1, -0.05) is 29.8 Å². The first-order chi connectivity index (χ1) is 11.4. The first-order valence-corrected chi connectivity index (χ1v) is 8.60. The number of nitriles is 1. The zero-order valence-electron chi connectivity index (χ0n) is 13.0. The number of carbonyl (C=O) groups is 1. The standard InChI is InChI=1S/C17H16N2O4S/c1-13-2-4-15(5-3-13)12-23-17(20)11-19-24(21,22)16-8-6-14(10-18)7-9-16/h2-9,19H,11-12H2,1H3. The van der Waals surface area contributed by atoms with Crippen LogP contribution < -0.4 is 4.72 Å². The lowest BCUT2D eigenvalue weighted by atomic mass is 10.2. The predicted octanol–water partition coefficient (Wildman–Crippen LogP) is 1.89. The van der Waals surface area contributed by atoms with Crippen molar-refractivity contribution in [2.24, 2.45) is 0 Å². The van der Waals surface area contributed by atoms with Gasteiger partial charge in [0.05, 0.1) is 16.5 Å². The van der Waals surface area contributed by atoms with E-state index in [1.807, 2.05) is 37.3 Å². The maximum Gasteiger partial charge on any atom is 0.321 e. The van der Waals surface area contributed by atoms with Crippen LogP contribution in [0.25, 0.3) is 0 Å². The van der Waals surface area contributed by atoms with Gasteiger partial charge in [-0.05, 0) is 36.8 Å². The molecule has 124 valence electrons. The Bertz CT molecular complexity index is 851. The Hall–Kier alpha value is -2.69. The maximum atomic E-state index is 12.0. The number of carbonyl (C=O) groups excluding carboxylic acids is 1. The maximum absolute atomic E-state index is 12.0. The van der Waals surface area contributed by atoms with E-state index in [9.17, 15) is 13.2 Å². The highest BCUT2D eigenvalue weighted by Gasteiger charge is 2.16. The van der Waals surface area contributed by atoms with Crippen molar-refractivity contribution in [1.29, 1.82) is 5.26 Å². The molecular weight excluding hydrogens is 328 g/mol. The van der Waals surface area contributed by atoms with Crippen LogP contribution in [0.1, 0.15) is 16.7 Å². The molecule has 0 spiro atoms. The molecular formula is C17H16N2O4S. The molecule has 0 saturated carbocycles. The van der Waals surface area contributed by atoms with Crippen molar-refractivity contribution in [2.75, 3.05) is 6.54 Å². The summed E-state index contributed by atoms with van der Waals surface area (Å²) in [7, 11) is -3.83. The van der Waals surface area contributed by atoms with E-state index in [1.54, 1.807) is 0 Å². The first-order valence-electron chi connectivity index (χ1n) is 7.12. The minimum atomic E-state index is -3.83. The number of hydrogen-bond donors (Lipinski definition) is 1. The summed E-state index contributed by atoms with van der Waals surface area (Å²) in [5.41, 5.74) is 2.27. The second-order valence-electron chi connectivity index (χ2n) is 5.11. The summed E-state index contributed by atoms with van der Waals surface area (Å²) in [5, 5.41) is 8.70. The molecule has 0 aromatic heterocycles. The van der Waals surface area contributed by atoms with Gasteiger partial charge in [-0.3, -0.25) is 4.79 Å². The largest absolute Gasteiger partial charge is 0.460 e. The van der Waals surface area contributed by atoms with Gasteiger partial charge in [0, 0.05) is 0 Å². The van der Waals surface area contributed by atoms with Crippen molar-refractivity contribution in [3.63, 3.8) is 0 Å². The lowest BCUT2D eigenvalue weighted by Gasteiger charge is -2.08. The molecule has 0 bridgehead atoms. The number of benzene rings is 2. The number of sulfonamides is 1. The Morgan fingerprint density at radius 2 is 1.75 bits per heavy atom. The number of rotatable bonds is 6. The van der Waals surface area contributed by atoms with Crippen molar-refractivity contribution in [3.05, 3.63) is 65.2 Å². The number of ether oxygens (including phenoxy) is 1. The summed E-state index contributed by atoms with van der Waals surface area (Å²) in [6.45, 7) is 1.57. The Morgan fingerprint density at radius 1 is 1.12 bits per heavy atom. The van der Waals surface area contributed by atoms with Crippen molar-refractivity contribution in [2.45, 2.75) is 18.4 Å². The van der Waals surface area contributed by atoms with E-state index in [-0.39, 0.29) is 11.5 Å². The lowest BCUT2D eigenvalue weighted by molar-refractivity contribution is -0.143. The molecule has 0 fully saturated rings. The second-order valence-corrected chi connectivity index (χ2v) is 6.87. The lowest BCUT2D eigenvalue weighted by Crippen LogP contribution is -2.30. The van der Waals surface area contributed by atoms with E-state index in [1.165, 1.54) is 24.3 Å². The number of nitrogens with one attached hydrogen (secondary N) is 1. The summed E-state index contributed by atoms with van der Waals surface area (Å²) < 4.78 is 31.3. The quantitative estimate of drug-likeness (QED) is 0.807. The predicted molar refractivity (Wildman–Crippen MR) is 87.3 cm³/mol. The molecule has 1 N–H and O–H groups in total. The van der Waals surface area contributed by atoms with Crippen molar-refractivity contribution < 1.29 is 17.9 Å². The van der Waals surface area contributed by atoms with E-state index in [0.717, 1.165) is 11.1 Å². The fourth-order valence-corrected chi connectivity index (χ4v) is 2.81. The molecule has 2 aromatic carbocycles. The van der Waals surface area contributed by atoms with E-state index in [2.05, 4.69) is 4.72 Å². The van der Waals surface area contributed by atoms with Crippen LogP contribution in [0.15, 0.2) is 53.4 Å². The molecule has 0 aliphatic carbocycles. The van der Waals surface area contributed by atoms with Gasteiger partial charge in [0.15, 0.2) is 0 Å². The van der Waals surface area contributed by atoms with Gasteiger partial charge in [-0.15, -0.1) is 0 Å². The van der Waals surface area contributed by atoms with Crippen LogP contribution in [0.4, 0.5) is 0 Å².